The fourth-order valence-corrected chi connectivity index (χ4v) is 4.24. The van der Waals surface area contributed by atoms with Crippen molar-refractivity contribution in [3.05, 3.63) is 0 Å². The lowest BCUT2D eigenvalue weighted by atomic mass is 9.90. The average molecular weight is 261 g/mol. The number of sulfone groups is 1. The van der Waals surface area contributed by atoms with Crippen molar-refractivity contribution in [3.8, 4) is 0 Å². The van der Waals surface area contributed by atoms with Gasteiger partial charge in [-0.1, -0.05) is 0 Å². The predicted molar refractivity (Wildman–Crippen MR) is 63.2 cm³/mol. The summed E-state index contributed by atoms with van der Waals surface area (Å²) in [6.45, 7) is 0.280. The summed E-state index contributed by atoms with van der Waals surface area (Å²) in [5.41, 5.74) is 0. The Morgan fingerprint density at radius 3 is 2.41 bits per heavy atom. The van der Waals surface area contributed by atoms with Gasteiger partial charge in [-0.05, 0) is 25.7 Å². The number of aliphatic hydroxyl groups is 1. The zero-order valence-corrected chi connectivity index (χ0v) is 10.7. The first-order chi connectivity index (χ1) is 8.03. The quantitative estimate of drug-likeness (QED) is 0.760. The molecular weight excluding hydrogens is 242 g/mol. The Morgan fingerprint density at radius 2 is 2.00 bits per heavy atom. The van der Waals surface area contributed by atoms with Gasteiger partial charge in [0.1, 0.15) is 0 Å². The number of hydrogen-bond acceptors (Lipinski definition) is 4. The normalized spacial score (nSPS) is 27.7. The molecule has 1 N–H and O–H groups in total. The van der Waals surface area contributed by atoms with Gasteiger partial charge in [-0.25, -0.2) is 8.42 Å². The minimum atomic E-state index is -3.01. The van der Waals surface area contributed by atoms with E-state index in [2.05, 4.69) is 0 Å². The third-order valence-electron chi connectivity index (χ3n) is 3.72. The number of nitrogens with zero attached hydrogens (tertiary/aromatic N) is 1. The van der Waals surface area contributed by atoms with Gasteiger partial charge in [0.2, 0.25) is 5.91 Å². The zero-order chi connectivity index (χ0) is 12.5. The third kappa shape index (κ3) is 2.80. The molecule has 6 heteroatoms. The molecule has 5 nitrogen and oxygen atoms in total. The summed E-state index contributed by atoms with van der Waals surface area (Å²) in [5, 5.41) is 8.99. The molecule has 0 radical (unpaired) electrons. The lowest BCUT2D eigenvalue weighted by molar-refractivity contribution is -0.139. The maximum absolute atomic E-state index is 12.2. The molecule has 2 aliphatic rings. The summed E-state index contributed by atoms with van der Waals surface area (Å²) in [7, 11) is -3.01. The zero-order valence-electron chi connectivity index (χ0n) is 9.84. The van der Waals surface area contributed by atoms with Gasteiger partial charge < -0.3 is 10.0 Å². The van der Waals surface area contributed by atoms with E-state index in [-0.39, 0.29) is 36.0 Å². The smallest absolute Gasteiger partial charge is 0.227 e. The molecule has 98 valence electrons. The van der Waals surface area contributed by atoms with E-state index in [4.69, 9.17) is 5.11 Å². The van der Waals surface area contributed by atoms with E-state index >= 15 is 0 Å². The monoisotopic (exact) mass is 261 g/mol. The number of carbonyl (C=O) groups excluding carboxylic acids is 1. The molecule has 0 bridgehead atoms. The van der Waals surface area contributed by atoms with Crippen molar-refractivity contribution < 1.29 is 18.3 Å². The highest BCUT2D eigenvalue weighted by Crippen LogP contribution is 2.28. The largest absolute Gasteiger partial charge is 0.395 e. The lowest BCUT2D eigenvalue weighted by Crippen LogP contribution is -2.48. The molecule has 1 saturated carbocycles. The van der Waals surface area contributed by atoms with Gasteiger partial charge in [0.15, 0.2) is 9.84 Å². The predicted octanol–water partition coefficient (Wildman–Crippen LogP) is -0.205. The second-order valence-electron chi connectivity index (χ2n) is 4.94. The molecular formula is C11H19NO4S. The van der Waals surface area contributed by atoms with Crippen molar-refractivity contribution >= 4 is 15.7 Å². The third-order valence-corrected chi connectivity index (χ3v) is 5.49. The van der Waals surface area contributed by atoms with Crippen LogP contribution in [0.4, 0.5) is 0 Å². The van der Waals surface area contributed by atoms with Gasteiger partial charge >= 0.3 is 0 Å². The molecule has 2 rings (SSSR count). The highest BCUT2D eigenvalue weighted by Gasteiger charge is 2.38. The van der Waals surface area contributed by atoms with Gasteiger partial charge in [-0.3, -0.25) is 4.79 Å². The van der Waals surface area contributed by atoms with E-state index in [1.165, 1.54) is 0 Å². The summed E-state index contributed by atoms with van der Waals surface area (Å²) in [5.74, 6) is -0.349. The van der Waals surface area contributed by atoms with Crippen LogP contribution in [0.2, 0.25) is 0 Å². The van der Waals surface area contributed by atoms with Gasteiger partial charge in [-0.2, -0.15) is 0 Å². The highest BCUT2D eigenvalue weighted by atomic mass is 32.2. The first-order valence-corrected chi connectivity index (χ1v) is 7.97. The molecule has 17 heavy (non-hydrogen) atoms. The summed E-state index contributed by atoms with van der Waals surface area (Å²) in [6, 6.07) is 0.220. The second kappa shape index (κ2) is 4.94. The fourth-order valence-electron chi connectivity index (χ4n) is 2.50. The Bertz CT molecular complexity index is 388. The number of carbonyl (C=O) groups is 1. The summed E-state index contributed by atoms with van der Waals surface area (Å²) < 4.78 is 22.7. The van der Waals surface area contributed by atoms with E-state index in [0.29, 0.717) is 13.0 Å². The molecule has 1 unspecified atom stereocenters. The van der Waals surface area contributed by atoms with Crippen LogP contribution in [0.1, 0.15) is 25.7 Å². The Morgan fingerprint density at radius 1 is 1.29 bits per heavy atom. The summed E-state index contributed by atoms with van der Waals surface area (Å²) >= 11 is 0. The van der Waals surface area contributed by atoms with Crippen LogP contribution in [-0.4, -0.2) is 55.0 Å². The fraction of sp³-hybridized carbons (Fsp3) is 0.909. The van der Waals surface area contributed by atoms with Crippen molar-refractivity contribution in [2.75, 3.05) is 24.7 Å². The molecule has 1 atom stereocenters. The van der Waals surface area contributed by atoms with Crippen LogP contribution in [0.15, 0.2) is 0 Å². The van der Waals surface area contributed by atoms with Crippen LogP contribution >= 0.6 is 0 Å². The molecule has 0 aromatic carbocycles. The van der Waals surface area contributed by atoms with Crippen LogP contribution in [0.3, 0.4) is 0 Å². The van der Waals surface area contributed by atoms with Crippen molar-refractivity contribution in [3.63, 3.8) is 0 Å². The first-order valence-electron chi connectivity index (χ1n) is 6.15. The van der Waals surface area contributed by atoms with Gasteiger partial charge in [-0.15, -0.1) is 0 Å². The maximum atomic E-state index is 12.2. The molecule has 1 amide bonds. The van der Waals surface area contributed by atoms with Gasteiger partial charge in [0.25, 0.3) is 0 Å². The molecule has 1 aliphatic heterocycles. The Balaban J connectivity index is 2.01. The number of amides is 1. The molecule has 1 heterocycles. The van der Waals surface area contributed by atoms with Gasteiger partial charge in [0.05, 0.1) is 24.0 Å². The van der Waals surface area contributed by atoms with E-state index in [0.717, 1.165) is 19.3 Å². The van der Waals surface area contributed by atoms with E-state index in [9.17, 15) is 13.2 Å². The van der Waals surface area contributed by atoms with Crippen molar-refractivity contribution in [1.29, 1.82) is 0 Å². The number of hydrogen-bond donors (Lipinski definition) is 1. The van der Waals surface area contributed by atoms with Crippen LogP contribution in [0.5, 0.6) is 0 Å². The van der Waals surface area contributed by atoms with E-state index < -0.39 is 9.84 Å². The minimum absolute atomic E-state index is 0.0134. The van der Waals surface area contributed by atoms with Crippen LogP contribution < -0.4 is 0 Å². The summed E-state index contributed by atoms with van der Waals surface area (Å²) in [6.07, 6.45) is 3.51. The second-order valence-corrected chi connectivity index (χ2v) is 7.17. The Kier molecular flexibility index (Phi) is 3.73. The standard InChI is InChI=1S/C11H19NO4S/c13-6-5-12(10-2-1-3-10)11(14)9-4-7-17(15,16)8-9/h9-10,13H,1-8H2. The molecule has 0 aromatic heterocycles. The molecule has 1 saturated heterocycles. The Hall–Kier alpha value is -0.620. The van der Waals surface area contributed by atoms with Crippen molar-refractivity contribution in [2.45, 2.75) is 31.7 Å². The van der Waals surface area contributed by atoms with E-state index in [1.807, 2.05) is 0 Å². The summed E-state index contributed by atoms with van der Waals surface area (Å²) in [4.78, 5) is 13.9. The van der Waals surface area contributed by atoms with E-state index in [1.54, 1.807) is 4.90 Å². The lowest BCUT2D eigenvalue weighted by Gasteiger charge is -2.38. The highest BCUT2D eigenvalue weighted by molar-refractivity contribution is 7.91. The minimum Gasteiger partial charge on any atom is -0.395 e. The van der Waals surface area contributed by atoms with Gasteiger partial charge in [0, 0.05) is 12.6 Å². The van der Waals surface area contributed by atoms with Crippen LogP contribution in [0, 0.1) is 5.92 Å². The molecule has 2 fully saturated rings. The molecule has 1 aliphatic carbocycles. The maximum Gasteiger partial charge on any atom is 0.227 e. The SMILES string of the molecule is O=C(C1CCS(=O)(=O)C1)N(CCO)C1CCC1. The molecule has 0 aromatic rings. The number of rotatable bonds is 4. The van der Waals surface area contributed by atoms with Crippen molar-refractivity contribution in [1.82, 2.24) is 4.90 Å². The average Bonchev–Trinajstić information content (AvgIpc) is 2.54. The molecule has 0 spiro atoms. The van der Waals surface area contributed by atoms with Crippen LogP contribution in [-0.2, 0) is 14.6 Å². The van der Waals surface area contributed by atoms with Crippen LogP contribution in [0.25, 0.3) is 0 Å². The van der Waals surface area contributed by atoms with Crippen molar-refractivity contribution in [2.24, 2.45) is 5.92 Å². The number of aliphatic hydroxyl groups excluding tert-OH is 1. The topological polar surface area (TPSA) is 74.7 Å². The Labute approximate surface area is 102 Å². The first kappa shape index (κ1) is 12.8.